The Morgan fingerprint density at radius 2 is 2.17 bits per heavy atom. The number of H-pyrrole nitrogens is 1. The summed E-state index contributed by atoms with van der Waals surface area (Å²) in [6, 6.07) is 4.05. The zero-order chi connectivity index (χ0) is 8.72. The highest BCUT2D eigenvalue weighted by atomic mass is 32.1. The average molecular weight is 179 g/mol. The zero-order valence-electron chi connectivity index (χ0n) is 6.96. The summed E-state index contributed by atoms with van der Waals surface area (Å²) in [5.74, 6) is 0. The first-order valence-corrected chi connectivity index (χ1v) is 4.14. The van der Waals surface area contributed by atoms with Crippen molar-refractivity contribution >= 4 is 17.7 Å². The quantitative estimate of drug-likeness (QED) is 0.627. The molecule has 0 radical (unpaired) electrons. The van der Waals surface area contributed by atoms with E-state index in [2.05, 4.69) is 10.1 Å². The van der Waals surface area contributed by atoms with Gasteiger partial charge in [-0.3, -0.25) is 5.10 Å². The van der Waals surface area contributed by atoms with E-state index in [9.17, 15) is 0 Å². The highest BCUT2D eigenvalue weighted by Crippen LogP contribution is 2.06. The fourth-order valence-corrected chi connectivity index (χ4v) is 1.57. The first-order chi connectivity index (χ1) is 5.66. The maximum atomic E-state index is 5.08. The topological polar surface area (TPSA) is 33.1 Å². The van der Waals surface area contributed by atoms with Gasteiger partial charge < -0.3 is 0 Å². The molecule has 0 saturated carbocycles. The minimum absolute atomic E-state index is 0.582. The van der Waals surface area contributed by atoms with Gasteiger partial charge in [-0.1, -0.05) is 0 Å². The molecule has 0 saturated heterocycles. The molecule has 12 heavy (non-hydrogen) atoms. The number of nitrogens with one attached hydrogen (secondary N) is 1. The zero-order valence-corrected chi connectivity index (χ0v) is 7.77. The Kier molecular flexibility index (Phi) is 1.51. The number of rotatable bonds is 0. The van der Waals surface area contributed by atoms with Crippen molar-refractivity contribution in [2.75, 3.05) is 0 Å². The second kappa shape index (κ2) is 2.42. The summed E-state index contributed by atoms with van der Waals surface area (Å²) in [5, 5.41) is 3.10. The minimum Gasteiger partial charge on any atom is -0.296 e. The summed E-state index contributed by atoms with van der Waals surface area (Å²) in [4.78, 5) is 4.16. The van der Waals surface area contributed by atoms with E-state index in [1.54, 1.807) is 4.52 Å². The van der Waals surface area contributed by atoms with E-state index in [0.29, 0.717) is 4.77 Å². The smallest absolute Gasteiger partial charge is 0.219 e. The Morgan fingerprint density at radius 3 is 2.92 bits per heavy atom. The van der Waals surface area contributed by atoms with Crippen LogP contribution in [0.15, 0.2) is 12.1 Å². The molecule has 3 nitrogen and oxygen atoms in total. The van der Waals surface area contributed by atoms with Crippen molar-refractivity contribution in [2.45, 2.75) is 13.8 Å². The van der Waals surface area contributed by atoms with Crippen LogP contribution in [0.25, 0.3) is 5.52 Å². The third-order valence-electron chi connectivity index (χ3n) is 1.73. The number of nitrogens with zero attached hydrogens (tertiary/aromatic N) is 2. The lowest BCUT2D eigenvalue weighted by Crippen LogP contribution is -1.93. The van der Waals surface area contributed by atoms with Gasteiger partial charge in [-0.2, -0.15) is 0 Å². The lowest BCUT2D eigenvalue weighted by atomic mass is 10.3. The van der Waals surface area contributed by atoms with E-state index in [1.807, 2.05) is 26.0 Å². The summed E-state index contributed by atoms with van der Waals surface area (Å²) >= 11 is 5.08. The van der Waals surface area contributed by atoms with Gasteiger partial charge in [0.1, 0.15) is 0 Å². The molecule has 0 fully saturated rings. The minimum atomic E-state index is 0.582. The lowest BCUT2D eigenvalue weighted by Gasteiger charge is -1.94. The van der Waals surface area contributed by atoms with Gasteiger partial charge >= 0.3 is 0 Å². The molecular formula is C8H9N3S. The van der Waals surface area contributed by atoms with Gasteiger partial charge in [0.25, 0.3) is 0 Å². The molecule has 0 aliphatic rings. The van der Waals surface area contributed by atoms with Crippen molar-refractivity contribution < 1.29 is 0 Å². The number of aromatic nitrogens is 3. The van der Waals surface area contributed by atoms with Crippen LogP contribution in [0.1, 0.15) is 11.4 Å². The Bertz CT molecular complexity index is 480. The molecule has 0 unspecified atom stereocenters. The van der Waals surface area contributed by atoms with Crippen LogP contribution in [0.5, 0.6) is 0 Å². The van der Waals surface area contributed by atoms with Gasteiger partial charge in [0.2, 0.25) is 4.77 Å². The Balaban J connectivity index is 2.98. The van der Waals surface area contributed by atoms with Crippen LogP contribution in [-0.2, 0) is 0 Å². The molecule has 0 aliphatic heterocycles. The highest BCUT2D eigenvalue weighted by molar-refractivity contribution is 7.71. The van der Waals surface area contributed by atoms with Gasteiger partial charge in [-0.25, -0.2) is 9.50 Å². The Labute approximate surface area is 75.0 Å². The van der Waals surface area contributed by atoms with Gasteiger partial charge in [-0.15, -0.1) is 0 Å². The average Bonchev–Trinajstić information content (AvgIpc) is 2.29. The van der Waals surface area contributed by atoms with Crippen molar-refractivity contribution in [1.82, 2.24) is 14.6 Å². The van der Waals surface area contributed by atoms with E-state index < -0.39 is 0 Å². The van der Waals surface area contributed by atoms with Crippen molar-refractivity contribution in [3.63, 3.8) is 0 Å². The first-order valence-electron chi connectivity index (χ1n) is 3.73. The van der Waals surface area contributed by atoms with Crippen LogP contribution in [0.4, 0.5) is 0 Å². The second-order valence-corrected chi connectivity index (χ2v) is 3.24. The molecule has 0 spiro atoms. The molecule has 2 rings (SSSR count). The molecule has 0 bridgehead atoms. The predicted octanol–water partition coefficient (Wildman–Crippen LogP) is 2.01. The third kappa shape index (κ3) is 1.04. The van der Waals surface area contributed by atoms with Gasteiger partial charge in [0.15, 0.2) is 0 Å². The molecule has 0 aromatic carbocycles. The van der Waals surface area contributed by atoms with Gasteiger partial charge in [0.05, 0.1) is 5.52 Å². The fourth-order valence-electron chi connectivity index (χ4n) is 1.27. The number of fused-ring (bicyclic) bond motifs is 1. The largest absolute Gasteiger partial charge is 0.296 e. The SMILES string of the molecule is Cc1cc2cc(C)[nH]n2c(=S)n1. The summed E-state index contributed by atoms with van der Waals surface area (Å²) in [5.41, 5.74) is 3.12. The monoisotopic (exact) mass is 179 g/mol. The maximum Gasteiger partial charge on any atom is 0.219 e. The Hall–Kier alpha value is -1.16. The molecule has 0 amide bonds. The highest BCUT2D eigenvalue weighted by Gasteiger charge is 1.97. The van der Waals surface area contributed by atoms with Crippen molar-refractivity contribution in [1.29, 1.82) is 0 Å². The van der Waals surface area contributed by atoms with Crippen LogP contribution in [-0.4, -0.2) is 14.6 Å². The number of aromatic amines is 1. The number of hydrogen-bond acceptors (Lipinski definition) is 2. The van der Waals surface area contributed by atoms with Crippen LogP contribution in [0.3, 0.4) is 0 Å². The van der Waals surface area contributed by atoms with Gasteiger partial charge in [0, 0.05) is 11.4 Å². The van der Waals surface area contributed by atoms with E-state index in [1.165, 1.54) is 0 Å². The summed E-state index contributed by atoms with van der Waals surface area (Å²) < 4.78 is 2.38. The van der Waals surface area contributed by atoms with Gasteiger partial charge in [-0.05, 0) is 38.2 Å². The van der Waals surface area contributed by atoms with Crippen LogP contribution < -0.4 is 0 Å². The number of aryl methyl sites for hydroxylation is 2. The molecule has 0 atom stereocenters. The standard InChI is InChI=1S/C8H9N3S/c1-5-3-7-4-6(2)10-11(7)8(12)9-5/h3-4,10H,1-2H3. The normalized spacial score (nSPS) is 10.8. The lowest BCUT2D eigenvalue weighted by molar-refractivity contribution is 0.873. The predicted molar refractivity (Wildman–Crippen MR) is 49.9 cm³/mol. The summed E-state index contributed by atoms with van der Waals surface area (Å²) in [7, 11) is 0. The molecule has 0 aliphatic carbocycles. The maximum absolute atomic E-state index is 5.08. The number of hydrogen-bond donors (Lipinski definition) is 1. The molecule has 2 aromatic heterocycles. The van der Waals surface area contributed by atoms with Crippen molar-refractivity contribution in [3.05, 3.63) is 28.3 Å². The first kappa shape index (κ1) is 7.49. The fraction of sp³-hybridized carbons (Fsp3) is 0.250. The van der Waals surface area contributed by atoms with Crippen LogP contribution >= 0.6 is 12.2 Å². The molecule has 4 heteroatoms. The molecule has 1 N–H and O–H groups in total. The van der Waals surface area contributed by atoms with Crippen molar-refractivity contribution in [2.24, 2.45) is 0 Å². The van der Waals surface area contributed by atoms with E-state index in [-0.39, 0.29) is 0 Å². The van der Waals surface area contributed by atoms with Crippen LogP contribution in [0, 0.1) is 18.6 Å². The van der Waals surface area contributed by atoms with E-state index >= 15 is 0 Å². The summed E-state index contributed by atoms with van der Waals surface area (Å²) in [6.07, 6.45) is 0. The molecular weight excluding hydrogens is 170 g/mol. The molecule has 62 valence electrons. The van der Waals surface area contributed by atoms with Crippen LogP contribution in [0.2, 0.25) is 0 Å². The molecule has 2 aromatic rings. The molecule has 2 heterocycles. The summed E-state index contributed by atoms with van der Waals surface area (Å²) in [6.45, 7) is 3.94. The third-order valence-corrected chi connectivity index (χ3v) is 2.00. The van der Waals surface area contributed by atoms with E-state index in [0.717, 1.165) is 16.9 Å². The Morgan fingerprint density at radius 1 is 1.42 bits per heavy atom. The second-order valence-electron chi connectivity index (χ2n) is 2.88. The van der Waals surface area contributed by atoms with E-state index in [4.69, 9.17) is 12.2 Å². The van der Waals surface area contributed by atoms with Crippen molar-refractivity contribution in [3.8, 4) is 0 Å².